The largest absolute Gasteiger partial charge is 0.496 e. The first-order chi connectivity index (χ1) is 7.42. The van der Waals surface area contributed by atoms with Gasteiger partial charge in [-0.2, -0.15) is 0 Å². The number of hydrogen-bond donors (Lipinski definition) is 1. The van der Waals surface area contributed by atoms with Crippen LogP contribution >= 0.6 is 15.9 Å². The van der Waals surface area contributed by atoms with Crippen LogP contribution < -0.4 is 4.74 Å². The fourth-order valence-electron chi connectivity index (χ4n) is 1.77. The number of benzene rings is 1. The Morgan fingerprint density at radius 3 is 2.50 bits per heavy atom. The summed E-state index contributed by atoms with van der Waals surface area (Å²) in [6.45, 7) is 6.45. The van der Waals surface area contributed by atoms with Gasteiger partial charge in [0.05, 0.1) is 7.11 Å². The van der Waals surface area contributed by atoms with E-state index in [0.717, 1.165) is 27.8 Å². The van der Waals surface area contributed by atoms with Crippen molar-refractivity contribution < 1.29 is 9.84 Å². The van der Waals surface area contributed by atoms with Crippen molar-refractivity contribution in [1.29, 1.82) is 0 Å². The van der Waals surface area contributed by atoms with Crippen LogP contribution in [-0.2, 0) is 5.41 Å². The number of aliphatic hydroxyl groups is 1. The Bertz CT molecular complexity index is 372. The molecule has 0 spiro atoms. The number of aryl methyl sites for hydroxylation is 1. The zero-order valence-corrected chi connectivity index (χ0v) is 11.9. The molecule has 16 heavy (non-hydrogen) atoms. The van der Waals surface area contributed by atoms with Gasteiger partial charge in [-0.15, -0.1) is 0 Å². The Hall–Kier alpha value is -0.540. The molecule has 0 amide bonds. The number of halogens is 1. The van der Waals surface area contributed by atoms with Crippen LogP contribution in [0, 0.1) is 6.92 Å². The molecule has 0 aliphatic rings. The molecule has 0 aromatic heterocycles. The van der Waals surface area contributed by atoms with Crippen LogP contribution in [0.2, 0.25) is 0 Å². The van der Waals surface area contributed by atoms with E-state index < -0.39 is 0 Å². The summed E-state index contributed by atoms with van der Waals surface area (Å²) in [5.74, 6) is 0.888. The molecule has 3 heteroatoms. The van der Waals surface area contributed by atoms with E-state index in [1.54, 1.807) is 7.11 Å². The SMILES string of the molecule is COc1cc(C)c(Br)cc1C(C)(C)CCO. The minimum Gasteiger partial charge on any atom is -0.496 e. The minimum atomic E-state index is -0.0870. The second-order valence-electron chi connectivity index (χ2n) is 4.66. The van der Waals surface area contributed by atoms with Crippen molar-refractivity contribution in [3.05, 3.63) is 27.7 Å². The Labute approximate surface area is 106 Å². The normalized spacial score (nSPS) is 11.6. The van der Waals surface area contributed by atoms with Crippen LogP contribution in [-0.4, -0.2) is 18.8 Å². The zero-order valence-electron chi connectivity index (χ0n) is 10.3. The molecule has 0 heterocycles. The van der Waals surface area contributed by atoms with E-state index in [-0.39, 0.29) is 12.0 Å². The topological polar surface area (TPSA) is 29.5 Å². The van der Waals surface area contributed by atoms with E-state index in [0.29, 0.717) is 0 Å². The second-order valence-corrected chi connectivity index (χ2v) is 5.51. The lowest BCUT2D eigenvalue weighted by Gasteiger charge is -2.27. The molecule has 0 saturated heterocycles. The summed E-state index contributed by atoms with van der Waals surface area (Å²) in [5, 5.41) is 9.10. The first-order valence-corrected chi connectivity index (χ1v) is 6.17. The van der Waals surface area contributed by atoms with Gasteiger partial charge in [0.15, 0.2) is 0 Å². The molecule has 90 valence electrons. The van der Waals surface area contributed by atoms with Gasteiger partial charge in [0.25, 0.3) is 0 Å². The maximum Gasteiger partial charge on any atom is 0.122 e. The maximum absolute atomic E-state index is 9.10. The van der Waals surface area contributed by atoms with Gasteiger partial charge in [-0.05, 0) is 36.5 Å². The first-order valence-electron chi connectivity index (χ1n) is 5.38. The molecule has 1 N–H and O–H groups in total. The van der Waals surface area contributed by atoms with E-state index >= 15 is 0 Å². The first kappa shape index (κ1) is 13.5. The van der Waals surface area contributed by atoms with Crippen LogP contribution in [0.1, 0.15) is 31.4 Å². The molecule has 0 unspecified atom stereocenters. The summed E-state index contributed by atoms with van der Waals surface area (Å²) in [7, 11) is 1.68. The maximum atomic E-state index is 9.10. The number of hydrogen-bond acceptors (Lipinski definition) is 2. The van der Waals surface area contributed by atoms with Gasteiger partial charge in [-0.25, -0.2) is 0 Å². The molecule has 1 rings (SSSR count). The summed E-state index contributed by atoms with van der Waals surface area (Å²) in [5.41, 5.74) is 2.19. The summed E-state index contributed by atoms with van der Waals surface area (Å²) < 4.78 is 6.49. The number of methoxy groups -OCH3 is 1. The van der Waals surface area contributed by atoms with Crippen LogP contribution in [0.25, 0.3) is 0 Å². The second kappa shape index (κ2) is 5.19. The molecule has 0 fully saturated rings. The smallest absolute Gasteiger partial charge is 0.122 e. The molecule has 1 aromatic carbocycles. The third kappa shape index (κ3) is 2.77. The van der Waals surface area contributed by atoms with Crippen molar-refractivity contribution in [3.8, 4) is 5.75 Å². The zero-order chi connectivity index (χ0) is 12.3. The molecule has 0 atom stereocenters. The van der Waals surface area contributed by atoms with Crippen molar-refractivity contribution in [2.75, 3.05) is 13.7 Å². The minimum absolute atomic E-state index is 0.0870. The molecule has 0 radical (unpaired) electrons. The highest BCUT2D eigenvalue weighted by molar-refractivity contribution is 9.10. The van der Waals surface area contributed by atoms with Crippen molar-refractivity contribution in [3.63, 3.8) is 0 Å². The monoisotopic (exact) mass is 286 g/mol. The van der Waals surface area contributed by atoms with Gasteiger partial charge in [0.1, 0.15) is 5.75 Å². The van der Waals surface area contributed by atoms with Gasteiger partial charge in [0.2, 0.25) is 0 Å². The quantitative estimate of drug-likeness (QED) is 0.919. The summed E-state index contributed by atoms with van der Waals surface area (Å²) >= 11 is 3.53. The lowest BCUT2D eigenvalue weighted by molar-refractivity contribution is 0.249. The van der Waals surface area contributed by atoms with E-state index in [1.807, 2.05) is 13.0 Å². The third-order valence-electron chi connectivity index (χ3n) is 2.95. The van der Waals surface area contributed by atoms with Crippen LogP contribution in [0.15, 0.2) is 16.6 Å². The molecule has 0 aliphatic heterocycles. The molecule has 1 aromatic rings. The number of ether oxygens (including phenoxy) is 1. The van der Waals surface area contributed by atoms with Crippen molar-refractivity contribution >= 4 is 15.9 Å². The van der Waals surface area contributed by atoms with Gasteiger partial charge in [-0.3, -0.25) is 0 Å². The van der Waals surface area contributed by atoms with Crippen molar-refractivity contribution in [2.24, 2.45) is 0 Å². The Kier molecular flexibility index (Phi) is 4.39. The molecule has 0 aliphatic carbocycles. The van der Waals surface area contributed by atoms with Crippen LogP contribution in [0.3, 0.4) is 0 Å². The predicted octanol–water partition coefficient (Wildman–Crippen LogP) is 3.43. The van der Waals surface area contributed by atoms with Crippen LogP contribution in [0.4, 0.5) is 0 Å². The summed E-state index contributed by atoms with van der Waals surface area (Å²) in [6.07, 6.45) is 0.721. The average molecular weight is 287 g/mol. The molecular weight excluding hydrogens is 268 g/mol. The van der Waals surface area contributed by atoms with Gasteiger partial charge in [-0.1, -0.05) is 29.8 Å². The van der Waals surface area contributed by atoms with E-state index in [2.05, 4.69) is 35.8 Å². The highest BCUT2D eigenvalue weighted by Crippen LogP contribution is 2.37. The highest BCUT2D eigenvalue weighted by atomic mass is 79.9. The highest BCUT2D eigenvalue weighted by Gasteiger charge is 2.24. The summed E-state index contributed by atoms with van der Waals surface area (Å²) in [6, 6.07) is 4.11. The third-order valence-corrected chi connectivity index (χ3v) is 3.80. The standard InChI is InChI=1S/C13H19BrO2/c1-9-7-12(16-4)10(8-11(9)14)13(2,3)5-6-15/h7-8,15H,5-6H2,1-4H3. The Morgan fingerprint density at radius 1 is 1.38 bits per heavy atom. The molecule has 0 saturated carbocycles. The number of rotatable bonds is 4. The van der Waals surface area contributed by atoms with Crippen molar-refractivity contribution in [1.82, 2.24) is 0 Å². The van der Waals surface area contributed by atoms with E-state index in [9.17, 15) is 0 Å². The Morgan fingerprint density at radius 2 is 2.00 bits per heavy atom. The summed E-state index contributed by atoms with van der Waals surface area (Å²) in [4.78, 5) is 0. The van der Waals surface area contributed by atoms with Gasteiger partial charge in [0, 0.05) is 16.6 Å². The van der Waals surface area contributed by atoms with E-state index in [1.165, 1.54) is 0 Å². The van der Waals surface area contributed by atoms with Gasteiger partial charge < -0.3 is 9.84 Å². The fourth-order valence-corrected chi connectivity index (χ4v) is 2.11. The average Bonchev–Trinajstić information content (AvgIpc) is 2.21. The van der Waals surface area contributed by atoms with Crippen LogP contribution in [0.5, 0.6) is 5.75 Å². The number of aliphatic hydroxyl groups excluding tert-OH is 1. The molecule has 0 bridgehead atoms. The van der Waals surface area contributed by atoms with Crippen molar-refractivity contribution in [2.45, 2.75) is 32.6 Å². The fraction of sp³-hybridized carbons (Fsp3) is 0.538. The predicted molar refractivity (Wildman–Crippen MR) is 70.2 cm³/mol. The Balaban J connectivity index is 3.26. The molecule has 2 nitrogen and oxygen atoms in total. The molecular formula is C13H19BrO2. The van der Waals surface area contributed by atoms with E-state index in [4.69, 9.17) is 9.84 Å². The lowest BCUT2D eigenvalue weighted by Crippen LogP contribution is -2.20. The van der Waals surface area contributed by atoms with Gasteiger partial charge >= 0.3 is 0 Å². The lowest BCUT2D eigenvalue weighted by atomic mass is 9.81.